The molecular weight excluding hydrogens is 446 g/mol. The fourth-order valence-electron chi connectivity index (χ4n) is 4.82. The van der Waals surface area contributed by atoms with Gasteiger partial charge in [0.25, 0.3) is 10.0 Å². The molecule has 168 valence electrons. The van der Waals surface area contributed by atoms with Gasteiger partial charge < -0.3 is 4.90 Å². The number of sulfone groups is 1. The maximum absolute atomic E-state index is 13.2. The van der Waals surface area contributed by atoms with Gasteiger partial charge in [-0.15, -0.1) is 11.3 Å². The van der Waals surface area contributed by atoms with Crippen molar-refractivity contribution in [3.05, 3.63) is 17.5 Å². The molecule has 2 saturated heterocycles. The Bertz CT molecular complexity index is 948. The van der Waals surface area contributed by atoms with Gasteiger partial charge in [-0.3, -0.25) is 9.69 Å². The first-order valence-corrected chi connectivity index (χ1v) is 14.7. The van der Waals surface area contributed by atoms with Crippen LogP contribution in [0.25, 0.3) is 0 Å². The van der Waals surface area contributed by atoms with Crippen LogP contribution in [0.1, 0.15) is 32.1 Å². The van der Waals surface area contributed by atoms with E-state index in [2.05, 4.69) is 0 Å². The number of carbonyl (C=O) groups is 1. The first-order valence-electron chi connectivity index (χ1n) is 10.5. The molecule has 30 heavy (non-hydrogen) atoms. The number of thiophene rings is 1. The lowest BCUT2D eigenvalue weighted by Gasteiger charge is -2.38. The summed E-state index contributed by atoms with van der Waals surface area (Å²) in [6.07, 6.45) is 4.56. The molecule has 0 aromatic carbocycles. The third kappa shape index (κ3) is 4.74. The van der Waals surface area contributed by atoms with Gasteiger partial charge in [0, 0.05) is 38.3 Å². The minimum absolute atomic E-state index is 0.0152. The standard InChI is InChI=1S/C19H29N3O5S3/c23-18(22(16-4-1-2-5-16)17-7-13-29(24,25)15-17)14-20-8-10-21(11-9-20)30(26,27)19-6-3-12-28-19/h3,6,12,16-17H,1-2,4-5,7-11,13-15H2. The van der Waals surface area contributed by atoms with Crippen molar-refractivity contribution in [1.29, 1.82) is 0 Å². The monoisotopic (exact) mass is 475 g/mol. The Kier molecular flexibility index (Phi) is 6.55. The van der Waals surface area contributed by atoms with E-state index in [4.69, 9.17) is 0 Å². The Balaban J connectivity index is 1.38. The third-order valence-corrected chi connectivity index (χ3v) is 11.4. The molecule has 8 nitrogen and oxygen atoms in total. The molecule has 1 amide bonds. The van der Waals surface area contributed by atoms with Crippen LogP contribution in [0.5, 0.6) is 0 Å². The predicted molar refractivity (Wildman–Crippen MR) is 116 cm³/mol. The predicted octanol–water partition coefficient (Wildman–Crippen LogP) is 1.01. The molecule has 0 N–H and O–H groups in total. The van der Waals surface area contributed by atoms with Gasteiger partial charge in [0.05, 0.1) is 18.1 Å². The van der Waals surface area contributed by atoms with Crippen LogP contribution >= 0.6 is 11.3 Å². The van der Waals surface area contributed by atoms with Gasteiger partial charge in [-0.05, 0) is 30.7 Å². The largest absolute Gasteiger partial charge is 0.335 e. The van der Waals surface area contributed by atoms with Gasteiger partial charge in [-0.2, -0.15) is 4.31 Å². The number of rotatable bonds is 6. The first kappa shape index (κ1) is 22.2. The highest BCUT2D eigenvalue weighted by molar-refractivity contribution is 7.91. The van der Waals surface area contributed by atoms with Gasteiger partial charge in [0.15, 0.2) is 9.84 Å². The van der Waals surface area contributed by atoms with Gasteiger partial charge in [-0.25, -0.2) is 16.8 Å². The van der Waals surface area contributed by atoms with Crippen LogP contribution in [-0.2, 0) is 24.7 Å². The maximum atomic E-state index is 13.2. The van der Waals surface area contributed by atoms with Gasteiger partial charge in [-0.1, -0.05) is 18.9 Å². The van der Waals surface area contributed by atoms with Crippen molar-refractivity contribution in [3.63, 3.8) is 0 Å². The Morgan fingerprint density at radius 2 is 1.80 bits per heavy atom. The van der Waals surface area contributed by atoms with Crippen molar-refractivity contribution in [2.24, 2.45) is 0 Å². The van der Waals surface area contributed by atoms with E-state index in [1.165, 1.54) is 15.6 Å². The number of sulfonamides is 1. The average Bonchev–Trinajstić information content (AvgIpc) is 3.45. The smallest absolute Gasteiger partial charge is 0.252 e. The molecule has 1 saturated carbocycles. The summed E-state index contributed by atoms with van der Waals surface area (Å²) >= 11 is 1.21. The van der Waals surface area contributed by atoms with E-state index in [0.717, 1.165) is 25.7 Å². The summed E-state index contributed by atoms with van der Waals surface area (Å²) in [5.41, 5.74) is 0. The second-order valence-corrected chi connectivity index (χ2v) is 13.7. The topological polar surface area (TPSA) is 95.1 Å². The molecular formula is C19H29N3O5S3. The van der Waals surface area contributed by atoms with E-state index >= 15 is 0 Å². The summed E-state index contributed by atoms with van der Waals surface area (Å²) in [6, 6.07) is 3.26. The van der Waals surface area contributed by atoms with Crippen molar-refractivity contribution in [2.45, 2.75) is 48.4 Å². The minimum atomic E-state index is -3.46. The molecule has 1 atom stereocenters. The molecule has 3 fully saturated rings. The zero-order chi connectivity index (χ0) is 21.4. The van der Waals surface area contributed by atoms with Crippen LogP contribution in [0.15, 0.2) is 21.7 Å². The Hall–Kier alpha value is -1.01. The van der Waals surface area contributed by atoms with Crippen molar-refractivity contribution < 1.29 is 21.6 Å². The molecule has 1 aliphatic carbocycles. The van der Waals surface area contributed by atoms with Crippen LogP contribution in [0, 0.1) is 0 Å². The molecule has 4 rings (SSSR count). The molecule has 3 heterocycles. The molecule has 2 aliphatic heterocycles. The fraction of sp³-hybridized carbons (Fsp3) is 0.737. The Morgan fingerprint density at radius 3 is 2.37 bits per heavy atom. The Labute approximate surface area is 182 Å². The molecule has 1 unspecified atom stereocenters. The van der Waals surface area contributed by atoms with E-state index in [1.54, 1.807) is 17.5 Å². The number of amides is 1. The van der Waals surface area contributed by atoms with Crippen molar-refractivity contribution in [2.75, 3.05) is 44.2 Å². The quantitative estimate of drug-likeness (QED) is 0.610. The molecule has 1 aromatic rings. The number of nitrogens with zero attached hydrogens (tertiary/aromatic N) is 3. The normalized spacial score (nSPS) is 26.2. The maximum Gasteiger partial charge on any atom is 0.252 e. The molecule has 0 bridgehead atoms. The molecule has 0 radical (unpaired) electrons. The van der Waals surface area contributed by atoms with E-state index in [1.807, 2.05) is 9.80 Å². The van der Waals surface area contributed by atoms with E-state index in [0.29, 0.717) is 36.8 Å². The number of piperazine rings is 1. The highest BCUT2D eigenvalue weighted by atomic mass is 32.2. The molecule has 1 aromatic heterocycles. The number of carbonyl (C=O) groups excluding carboxylic acids is 1. The molecule has 3 aliphatic rings. The average molecular weight is 476 g/mol. The highest BCUT2D eigenvalue weighted by Gasteiger charge is 2.39. The van der Waals surface area contributed by atoms with Crippen LogP contribution in [0.3, 0.4) is 0 Å². The van der Waals surface area contributed by atoms with Crippen LogP contribution in [0.4, 0.5) is 0 Å². The number of hydrogen-bond donors (Lipinski definition) is 0. The van der Waals surface area contributed by atoms with Gasteiger partial charge in [0.2, 0.25) is 5.91 Å². The second kappa shape index (κ2) is 8.85. The first-order chi connectivity index (χ1) is 14.3. The van der Waals surface area contributed by atoms with E-state index in [-0.39, 0.29) is 36.0 Å². The lowest BCUT2D eigenvalue weighted by molar-refractivity contribution is -0.137. The summed E-state index contributed by atoms with van der Waals surface area (Å²) in [4.78, 5) is 17.1. The van der Waals surface area contributed by atoms with E-state index in [9.17, 15) is 21.6 Å². The second-order valence-electron chi connectivity index (χ2n) is 8.41. The third-order valence-electron chi connectivity index (χ3n) is 6.39. The van der Waals surface area contributed by atoms with E-state index < -0.39 is 19.9 Å². The van der Waals surface area contributed by atoms with Crippen LogP contribution in [-0.4, -0.2) is 93.2 Å². The van der Waals surface area contributed by atoms with Gasteiger partial charge >= 0.3 is 0 Å². The lowest BCUT2D eigenvalue weighted by atomic mass is 10.1. The lowest BCUT2D eigenvalue weighted by Crippen LogP contribution is -2.54. The molecule has 0 spiro atoms. The summed E-state index contributed by atoms with van der Waals surface area (Å²) in [6.45, 7) is 1.93. The zero-order valence-electron chi connectivity index (χ0n) is 17.0. The summed E-state index contributed by atoms with van der Waals surface area (Å²) in [7, 11) is -6.52. The van der Waals surface area contributed by atoms with Crippen molar-refractivity contribution in [1.82, 2.24) is 14.1 Å². The minimum Gasteiger partial charge on any atom is -0.335 e. The van der Waals surface area contributed by atoms with Crippen LogP contribution < -0.4 is 0 Å². The summed E-state index contributed by atoms with van der Waals surface area (Å²) in [5.74, 6) is 0.216. The van der Waals surface area contributed by atoms with Gasteiger partial charge in [0.1, 0.15) is 4.21 Å². The number of hydrogen-bond acceptors (Lipinski definition) is 7. The fourth-order valence-corrected chi connectivity index (χ4v) is 9.10. The van der Waals surface area contributed by atoms with Crippen LogP contribution in [0.2, 0.25) is 0 Å². The zero-order valence-corrected chi connectivity index (χ0v) is 19.4. The summed E-state index contributed by atoms with van der Waals surface area (Å²) in [5, 5.41) is 1.75. The molecule has 11 heteroatoms. The highest BCUT2D eigenvalue weighted by Crippen LogP contribution is 2.29. The Morgan fingerprint density at radius 1 is 1.10 bits per heavy atom. The SMILES string of the molecule is O=C(CN1CCN(S(=O)(=O)c2cccs2)CC1)N(C1CCCC1)C1CCS(=O)(=O)C1. The van der Waals surface area contributed by atoms with Crippen molar-refractivity contribution >= 4 is 37.1 Å². The van der Waals surface area contributed by atoms with Crippen molar-refractivity contribution in [3.8, 4) is 0 Å². The summed E-state index contributed by atoms with van der Waals surface area (Å²) < 4.78 is 51.2.